The van der Waals surface area contributed by atoms with Crippen LogP contribution < -0.4 is 5.32 Å². The number of aliphatic carboxylic acids is 2. The Kier molecular flexibility index (Phi) is 4.73. The van der Waals surface area contributed by atoms with Gasteiger partial charge in [-0.2, -0.15) is 0 Å². The first-order valence-electron chi connectivity index (χ1n) is 5.44. The highest BCUT2D eigenvalue weighted by Gasteiger charge is 2.27. The van der Waals surface area contributed by atoms with E-state index in [0.717, 1.165) is 12.1 Å². The summed E-state index contributed by atoms with van der Waals surface area (Å²) < 4.78 is 27.1. The lowest BCUT2D eigenvalue weighted by Gasteiger charge is -2.13. The number of carbonyl (C=O) groups excluding carboxylic acids is 1. The van der Waals surface area contributed by atoms with Crippen LogP contribution in [0.1, 0.15) is 22.3 Å². The van der Waals surface area contributed by atoms with Gasteiger partial charge in [-0.1, -0.05) is 6.07 Å². The Morgan fingerprint density at radius 1 is 1.25 bits per heavy atom. The fourth-order valence-electron chi connectivity index (χ4n) is 1.47. The van der Waals surface area contributed by atoms with Gasteiger partial charge in [0.05, 0.1) is 6.42 Å². The van der Waals surface area contributed by atoms with E-state index >= 15 is 0 Å². The number of hydrogen-bond donors (Lipinski definition) is 3. The SMILES string of the molecule is Cc1ccc(F)c(C(=O)N[C@H](CC(=O)O)C(=O)O)c1F. The molecule has 0 radical (unpaired) electrons. The Hall–Kier alpha value is -2.51. The fraction of sp³-hybridized carbons (Fsp3) is 0.250. The molecule has 0 saturated carbocycles. The van der Waals surface area contributed by atoms with Crippen molar-refractivity contribution in [1.82, 2.24) is 5.32 Å². The Balaban J connectivity index is 3.04. The van der Waals surface area contributed by atoms with Gasteiger partial charge < -0.3 is 15.5 Å². The van der Waals surface area contributed by atoms with E-state index in [4.69, 9.17) is 10.2 Å². The lowest BCUT2D eigenvalue weighted by atomic mass is 10.1. The molecule has 1 aromatic carbocycles. The molecule has 3 N–H and O–H groups in total. The zero-order valence-electron chi connectivity index (χ0n) is 10.3. The van der Waals surface area contributed by atoms with Crippen LogP contribution in [0.3, 0.4) is 0 Å². The first-order chi connectivity index (χ1) is 9.23. The van der Waals surface area contributed by atoms with E-state index in [1.807, 2.05) is 0 Å². The zero-order valence-corrected chi connectivity index (χ0v) is 10.3. The average molecular weight is 287 g/mol. The van der Waals surface area contributed by atoms with Gasteiger partial charge in [0.1, 0.15) is 23.2 Å². The van der Waals surface area contributed by atoms with Crippen molar-refractivity contribution in [1.29, 1.82) is 0 Å². The van der Waals surface area contributed by atoms with Gasteiger partial charge in [0.15, 0.2) is 0 Å². The van der Waals surface area contributed by atoms with Crippen molar-refractivity contribution >= 4 is 17.8 Å². The number of nitrogens with one attached hydrogen (secondary N) is 1. The second kappa shape index (κ2) is 6.09. The Morgan fingerprint density at radius 3 is 2.35 bits per heavy atom. The number of halogens is 2. The molecule has 0 aliphatic heterocycles. The van der Waals surface area contributed by atoms with Gasteiger partial charge >= 0.3 is 11.9 Å². The van der Waals surface area contributed by atoms with Crippen molar-refractivity contribution in [2.24, 2.45) is 0 Å². The van der Waals surface area contributed by atoms with Crippen LogP contribution in [0.2, 0.25) is 0 Å². The number of aryl methyl sites for hydroxylation is 1. The number of carbonyl (C=O) groups is 3. The van der Waals surface area contributed by atoms with Gasteiger partial charge in [0.2, 0.25) is 0 Å². The highest BCUT2D eigenvalue weighted by atomic mass is 19.1. The van der Waals surface area contributed by atoms with Gasteiger partial charge in [-0.3, -0.25) is 9.59 Å². The van der Waals surface area contributed by atoms with Crippen LogP contribution in [0.5, 0.6) is 0 Å². The molecule has 6 nitrogen and oxygen atoms in total. The second-order valence-corrected chi connectivity index (χ2v) is 4.02. The van der Waals surface area contributed by atoms with E-state index in [1.54, 1.807) is 5.32 Å². The smallest absolute Gasteiger partial charge is 0.326 e. The van der Waals surface area contributed by atoms with Gasteiger partial charge in [-0.05, 0) is 18.6 Å². The number of carboxylic acid groups (broad SMARTS) is 2. The molecule has 0 aromatic heterocycles. The van der Waals surface area contributed by atoms with Crippen LogP contribution in [-0.2, 0) is 9.59 Å². The van der Waals surface area contributed by atoms with E-state index in [2.05, 4.69) is 0 Å². The maximum atomic E-state index is 13.7. The molecule has 0 aliphatic carbocycles. The largest absolute Gasteiger partial charge is 0.481 e. The third kappa shape index (κ3) is 3.50. The molecule has 0 unspecified atom stereocenters. The number of rotatable bonds is 5. The van der Waals surface area contributed by atoms with Gasteiger partial charge in [-0.25, -0.2) is 13.6 Å². The highest BCUT2D eigenvalue weighted by Crippen LogP contribution is 2.16. The number of carboxylic acids is 2. The monoisotopic (exact) mass is 287 g/mol. The van der Waals surface area contributed by atoms with Crippen molar-refractivity contribution in [3.63, 3.8) is 0 Å². The van der Waals surface area contributed by atoms with E-state index in [-0.39, 0.29) is 5.56 Å². The lowest BCUT2D eigenvalue weighted by molar-refractivity contribution is -0.145. The number of amides is 1. The van der Waals surface area contributed by atoms with Crippen molar-refractivity contribution in [2.45, 2.75) is 19.4 Å². The molecule has 1 rings (SSSR count). The lowest BCUT2D eigenvalue weighted by Crippen LogP contribution is -2.42. The number of hydrogen-bond acceptors (Lipinski definition) is 3. The Bertz CT molecular complexity index is 573. The van der Waals surface area contributed by atoms with Crippen LogP contribution in [0.4, 0.5) is 8.78 Å². The first kappa shape index (κ1) is 15.5. The minimum Gasteiger partial charge on any atom is -0.481 e. The fourth-order valence-corrected chi connectivity index (χ4v) is 1.47. The maximum Gasteiger partial charge on any atom is 0.326 e. The summed E-state index contributed by atoms with van der Waals surface area (Å²) in [7, 11) is 0. The third-order valence-corrected chi connectivity index (χ3v) is 2.49. The summed E-state index contributed by atoms with van der Waals surface area (Å²) >= 11 is 0. The van der Waals surface area contributed by atoms with E-state index in [0.29, 0.717) is 0 Å². The molecule has 0 spiro atoms. The molecule has 0 fully saturated rings. The number of benzene rings is 1. The third-order valence-electron chi connectivity index (χ3n) is 2.49. The zero-order chi connectivity index (χ0) is 15.4. The average Bonchev–Trinajstić information content (AvgIpc) is 2.33. The van der Waals surface area contributed by atoms with Crippen molar-refractivity contribution in [3.05, 3.63) is 34.9 Å². The molecule has 1 aromatic rings. The predicted molar refractivity (Wildman–Crippen MR) is 62.2 cm³/mol. The normalized spacial score (nSPS) is 11.8. The molecule has 0 saturated heterocycles. The van der Waals surface area contributed by atoms with Crippen LogP contribution in [0, 0.1) is 18.6 Å². The molecule has 0 bridgehead atoms. The summed E-state index contributed by atoms with van der Waals surface area (Å²) in [6.07, 6.45) is -0.907. The van der Waals surface area contributed by atoms with Crippen molar-refractivity contribution in [2.75, 3.05) is 0 Å². The van der Waals surface area contributed by atoms with Gasteiger partial charge in [0.25, 0.3) is 5.91 Å². The van der Waals surface area contributed by atoms with E-state index in [1.165, 1.54) is 6.92 Å². The summed E-state index contributed by atoms with van der Waals surface area (Å²) in [5.41, 5.74) is -0.941. The van der Waals surface area contributed by atoms with Gasteiger partial charge in [-0.15, -0.1) is 0 Å². The minimum atomic E-state index is -1.78. The van der Waals surface area contributed by atoms with Crippen LogP contribution in [-0.4, -0.2) is 34.1 Å². The minimum absolute atomic E-state index is 0.00154. The highest BCUT2D eigenvalue weighted by molar-refractivity contribution is 5.98. The van der Waals surface area contributed by atoms with Crippen molar-refractivity contribution < 1.29 is 33.4 Å². The molecule has 1 amide bonds. The Morgan fingerprint density at radius 2 is 1.85 bits per heavy atom. The molecule has 8 heteroatoms. The summed E-state index contributed by atoms with van der Waals surface area (Å²) in [6.45, 7) is 1.30. The summed E-state index contributed by atoms with van der Waals surface area (Å²) in [6, 6.07) is 0.201. The van der Waals surface area contributed by atoms with E-state index in [9.17, 15) is 23.2 Å². The molecular weight excluding hydrogens is 276 g/mol. The molecule has 1 atom stereocenters. The van der Waals surface area contributed by atoms with Crippen LogP contribution >= 0.6 is 0 Å². The summed E-state index contributed by atoms with van der Waals surface area (Å²) in [5.74, 6) is -6.69. The topological polar surface area (TPSA) is 104 Å². The predicted octanol–water partition coefficient (Wildman–Crippen LogP) is 0.931. The standard InChI is InChI=1S/C12H11F2NO5/c1-5-2-3-6(13)9(10(5)14)11(18)15-7(12(19)20)4-8(16)17/h2-3,7H,4H2,1H3,(H,15,18)(H,16,17)(H,19,20)/t7-/m1/s1. The molecule has 0 heterocycles. The first-order valence-corrected chi connectivity index (χ1v) is 5.44. The summed E-state index contributed by atoms with van der Waals surface area (Å²) in [4.78, 5) is 32.9. The van der Waals surface area contributed by atoms with E-state index < -0.39 is 47.5 Å². The molecule has 108 valence electrons. The maximum absolute atomic E-state index is 13.7. The van der Waals surface area contributed by atoms with Crippen LogP contribution in [0.25, 0.3) is 0 Å². The molecular formula is C12H11F2NO5. The second-order valence-electron chi connectivity index (χ2n) is 4.02. The molecule has 20 heavy (non-hydrogen) atoms. The quantitative estimate of drug-likeness (QED) is 0.747. The Labute approximate surface area is 112 Å². The molecule has 0 aliphatic rings. The summed E-state index contributed by atoms with van der Waals surface area (Å²) in [5, 5.41) is 19.0. The van der Waals surface area contributed by atoms with Gasteiger partial charge in [0, 0.05) is 0 Å². The van der Waals surface area contributed by atoms with Crippen molar-refractivity contribution in [3.8, 4) is 0 Å². The van der Waals surface area contributed by atoms with Crippen LogP contribution in [0.15, 0.2) is 12.1 Å².